The maximum atomic E-state index is 5.13. The van der Waals surface area contributed by atoms with Crippen molar-refractivity contribution in [1.82, 2.24) is 0 Å². The van der Waals surface area contributed by atoms with Crippen LogP contribution < -0.4 is 23.4 Å². The molecule has 0 saturated carbocycles. The van der Waals surface area contributed by atoms with Gasteiger partial charge in [-0.3, -0.25) is 0 Å². The van der Waals surface area contributed by atoms with Gasteiger partial charge < -0.3 is 29.8 Å². The van der Waals surface area contributed by atoms with E-state index in [2.05, 4.69) is 0 Å². The molecule has 2 rings (SSSR count). The smallest absolute Gasteiger partial charge is 1.00 e. The quantitative estimate of drug-likeness (QED) is 0.454. The third kappa shape index (κ3) is 3.73. The molecule has 0 saturated heterocycles. The monoisotopic (exact) mass is 224 g/mol. The number of furan rings is 2. The second kappa shape index (κ2) is 6.49. The van der Waals surface area contributed by atoms with Crippen LogP contribution in [-0.2, 0) is 0 Å². The van der Waals surface area contributed by atoms with Gasteiger partial charge in [0.2, 0.25) is 0 Å². The van der Waals surface area contributed by atoms with E-state index in [9.17, 15) is 0 Å². The van der Waals surface area contributed by atoms with Crippen molar-refractivity contribution in [2.75, 3.05) is 0 Å². The van der Waals surface area contributed by atoms with Crippen molar-refractivity contribution in [1.29, 1.82) is 0 Å². The van der Waals surface area contributed by atoms with E-state index < -0.39 is 0 Å². The van der Waals surface area contributed by atoms with E-state index in [1.807, 2.05) is 24.3 Å². The van der Waals surface area contributed by atoms with E-state index in [1.165, 1.54) is 0 Å². The third-order valence-corrected chi connectivity index (χ3v) is 2.18. The van der Waals surface area contributed by atoms with E-state index in [-0.39, 0.29) is 35.5 Å². The van der Waals surface area contributed by atoms with Gasteiger partial charge in [0.25, 0.3) is 0 Å². The maximum absolute atomic E-state index is 5.13. The number of hydrogen-bond donors (Lipinski definition) is 0. The summed E-state index contributed by atoms with van der Waals surface area (Å²) in [6.07, 6.45) is 3.32. The molecule has 0 aliphatic heterocycles. The van der Waals surface area contributed by atoms with Crippen molar-refractivity contribution in [3.63, 3.8) is 0 Å². The minimum Gasteiger partial charge on any atom is -1.00 e. The fourth-order valence-electron chi connectivity index (χ4n) is 0.776. The SMILES string of the molecule is [Cl-].[Mg+2].c1coc([P-]c2ccco2)c1. The van der Waals surface area contributed by atoms with Gasteiger partial charge in [0.15, 0.2) is 0 Å². The molecule has 0 bridgehead atoms. The van der Waals surface area contributed by atoms with Gasteiger partial charge in [-0.2, -0.15) is 0 Å². The molecule has 64 valence electrons. The number of rotatable bonds is 2. The summed E-state index contributed by atoms with van der Waals surface area (Å²) in [6.45, 7) is 0. The molecule has 0 aliphatic rings. The molecule has 0 atom stereocenters. The first kappa shape index (κ1) is 13.0. The summed E-state index contributed by atoms with van der Waals surface area (Å²) in [5.74, 6) is 0. The van der Waals surface area contributed by atoms with Gasteiger partial charge in [-0.15, -0.1) is 0 Å². The third-order valence-electron chi connectivity index (χ3n) is 1.23. The fourth-order valence-corrected chi connectivity index (χ4v) is 1.54. The van der Waals surface area contributed by atoms with Gasteiger partial charge in [0.1, 0.15) is 0 Å². The molecule has 2 nitrogen and oxygen atoms in total. The predicted octanol–water partition coefficient (Wildman–Crippen LogP) is -1.61. The number of halogens is 1. The Balaban J connectivity index is 0.000000720. The second-order valence-electron chi connectivity index (χ2n) is 2.01. The normalized spacial score (nSPS) is 8.62. The predicted molar refractivity (Wildman–Crippen MR) is 49.4 cm³/mol. The number of hydrogen-bond acceptors (Lipinski definition) is 2. The van der Waals surface area contributed by atoms with Gasteiger partial charge in [0.05, 0.1) is 12.5 Å². The molecule has 2 aromatic rings. The van der Waals surface area contributed by atoms with Crippen molar-refractivity contribution < 1.29 is 21.2 Å². The zero-order valence-electron chi connectivity index (χ0n) is 6.81. The molecular formula is C8H6ClMgO2P. The van der Waals surface area contributed by atoms with Gasteiger partial charge >= 0.3 is 23.1 Å². The molecule has 2 aromatic heterocycles. The second-order valence-corrected chi connectivity index (χ2v) is 3.12. The Labute approximate surface area is 100 Å². The zero-order chi connectivity index (χ0) is 7.52. The van der Waals surface area contributed by atoms with Crippen LogP contribution in [0.25, 0.3) is 0 Å². The molecule has 5 heteroatoms. The molecule has 0 aliphatic carbocycles. The Morgan fingerprint density at radius 3 is 1.69 bits per heavy atom. The van der Waals surface area contributed by atoms with Crippen LogP contribution in [0.15, 0.2) is 45.6 Å². The molecule has 0 N–H and O–H groups in total. The molecule has 2 heterocycles. The summed E-state index contributed by atoms with van der Waals surface area (Å²) in [7, 11) is 0.980. The molecule has 0 unspecified atom stereocenters. The van der Waals surface area contributed by atoms with Crippen molar-refractivity contribution in [3.8, 4) is 0 Å². The molecule has 0 fully saturated rings. The van der Waals surface area contributed by atoms with E-state index in [4.69, 9.17) is 8.83 Å². The van der Waals surface area contributed by atoms with Crippen molar-refractivity contribution in [2.45, 2.75) is 0 Å². The summed E-state index contributed by atoms with van der Waals surface area (Å²) >= 11 is 0. The Kier molecular flexibility index (Phi) is 6.52. The van der Waals surface area contributed by atoms with Crippen LogP contribution >= 0.6 is 8.58 Å². The summed E-state index contributed by atoms with van der Waals surface area (Å²) in [6, 6.07) is 7.57. The summed E-state index contributed by atoms with van der Waals surface area (Å²) in [5.41, 5.74) is 1.81. The molecule has 0 spiro atoms. The summed E-state index contributed by atoms with van der Waals surface area (Å²) in [4.78, 5) is 0. The van der Waals surface area contributed by atoms with Crippen molar-refractivity contribution in [3.05, 3.63) is 36.8 Å². The Hall–Kier alpha value is 0.0462. The molecule has 0 amide bonds. The first-order valence-electron chi connectivity index (χ1n) is 3.24. The molecule has 0 aromatic carbocycles. The zero-order valence-corrected chi connectivity index (χ0v) is 9.88. The Morgan fingerprint density at radius 1 is 0.923 bits per heavy atom. The van der Waals surface area contributed by atoms with Crippen LogP contribution in [0.5, 0.6) is 0 Å². The van der Waals surface area contributed by atoms with Crippen LogP contribution in [0.2, 0.25) is 0 Å². The van der Waals surface area contributed by atoms with Crippen LogP contribution in [0, 0.1) is 0 Å². The Morgan fingerprint density at radius 2 is 1.38 bits per heavy atom. The van der Waals surface area contributed by atoms with Crippen LogP contribution in [-0.4, -0.2) is 23.1 Å². The van der Waals surface area contributed by atoms with Crippen molar-refractivity contribution in [2.24, 2.45) is 0 Å². The molecular weight excluding hydrogens is 219 g/mol. The molecule has 13 heavy (non-hydrogen) atoms. The van der Waals surface area contributed by atoms with E-state index in [0.717, 1.165) is 19.6 Å². The standard InChI is InChI=1S/C8H6O2P.ClH.Mg/c1-3-7(9-5-1)11-8-4-2-6-10-8;;/h1-6H;1H;/q-1;;+2/p-1. The van der Waals surface area contributed by atoms with E-state index >= 15 is 0 Å². The Bertz CT molecular complexity index is 275. The van der Waals surface area contributed by atoms with E-state index in [0.29, 0.717) is 0 Å². The van der Waals surface area contributed by atoms with Gasteiger partial charge in [-0.05, 0) is 23.1 Å². The summed E-state index contributed by atoms with van der Waals surface area (Å²) < 4.78 is 10.3. The van der Waals surface area contributed by atoms with Gasteiger partial charge in [-0.1, -0.05) is 12.1 Å². The topological polar surface area (TPSA) is 26.3 Å². The average Bonchev–Trinajstić information content (AvgIpc) is 2.60. The van der Waals surface area contributed by atoms with Crippen molar-refractivity contribution >= 4 is 42.6 Å². The van der Waals surface area contributed by atoms with Crippen LogP contribution in [0.3, 0.4) is 0 Å². The average molecular weight is 225 g/mol. The fraction of sp³-hybridized carbons (Fsp3) is 0. The molecule has 0 radical (unpaired) electrons. The van der Waals surface area contributed by atoms with Crippen LogP contribution in [0.4, 0.5) is 0 Å². The van der Waals surface area contributed by atoms with Gasteiger partial charge in [-0.25, -0.2) is 0 Å². The summed E-state index contributed by atoms with van der Waals surface area (Å²) in [5, 5.41) is 0. The van der Waals surface area contributed by atoms with Gasteiger partial charge in [0, 0.05) is 0 Å². The van der Waals surface area contributed by atoms with E-state index in [1.54, 1.807) is 12.5 Å². The minimum absolute atomic E-state index is 0. The first-order valence-corrected chi connectivity index (χ1v) is 4.13. The van der Waals surface area contributed by atoms with Crippen LogP contribution in [0.1, 0.15) is 0 Å². The largest absolute Gasteiger partial charge is 2.00 e. The first-order chi connectivity index (χ1) is 5.45. The minimum atomic E-state index is 0. The maximum Gasteiger partial charge on any atom is 2.00 e.